The molecule has 1 unspecified atom stereocenters. The van der Waals surface area contributed by atoms with E-state index in [2.05, 4.69) is 20.9 Å². The summed E-state index contributed by atoms with van der Waals surface area (Å²) in [6.45, 7) is 1.86. The Bertz CT molecular complexity index is 529. The molecule has 0 aliphatic rings. The van der Waals surface area contributed by atoms with Gasteiger partial charge in [-0.25, -0.2) is 9.37 Å². The van der Waals surface area contributed by atoms with Crippen LogP contribution in [0.5, 0.6) is 0 Å². The summed E-state index contributed by atoms with van der Waals surface area (Å²) in [7, 11) is 0. The average molecular weight is 316 g/mol. The van der Waals surface area contributed by atoms with Crippen molar-refractivity contribution in [2.45, 2.75) is 19.4 Å². The molecule has 0 fully saturated rings. The van der Waals surface area contributed by atoms with Crippen molar-refractivity contribution < 1.29 is 9.50 Å². The minimum Gasteiger partial charge on any atom is -0.387 e. The van der Waals surface area contributed by atoms with Crippen molar-refractivity contribution in [3.8, 4) is 0 Å². The number of hydrogen-bond donors (Lipinski definition) is 1. The van der Waals surface area contributed by atoms with E-state index in [4.69, 9.17) is 0 Å². The summed E-state index contributed by atoms with van der Waals surface area (Å²) < 4.78 is 13.7. The zero-order chi connectivity index (χ0) is 12.4. The average Bonchev–Trinajstić information content (AvgIpc) is 2.71. The first kappa shape index (κ1) is 12.7. The third-order valence-corrected chi connectivity index (χ3v) is 4.45. The Kier molecular flexibility index (Phi) is 3.91. The molecule has 0 aliphatic carbocycles. The van der Waals surface area contributed by atoms with E-state index in [1.807, 2.05) is 6.92 Å². The van der Waals surface area contributed by atoms with E-state index in [1.54, 1.807) is 17.6 Å². The number of aliphatic hydroxyl groups is 1. The van der Waals surface area contributed by atoms with Gasteiger partial charge in [0.05, 0.1) is 26.7 Å². The minimum absolute atomic E-state index is 0.310. The summed E-state index contributed by atoms with van der Waals surface area (Å²) in [5.74, 6) is -0.310. The topological polar surface area (TPSA) is 33.1 Å². The molecule has 0 bridgehead atoms. The first-order valence-corrected chi connectivity index (χ1v) is 6.77. The maximum absolute atomic E-state index is 13.3. The molecule has 5 heteroatoms. The lowest BCUT2D eigenvalue weighted by molar-refractivity contribution is 0.181. The van der Waals surface area contributed by atoms with Gasteiger partial charge >= 0.3 is 0 Å². The monoisotopic (exact) mass is 315 g/mol. The van der Waals surface area contributed by atoms with Gasteiger partial charge in [0.2, 0.25) is 0 Å². The summed E-state index contributed by atoms with van der Waals surface area (Å²) in [5.41, 5.74) is 3.29. The maximum atomic E-state index is 13.3. The highest BCUT2D eigenvalue weighted by atomic mass is 79.9. The fourth-order valence-electron chi connectivity index (χ4n) is 1.64. The second kappa shape index (κ2) is 5.25. The molecule has 0 amide bonds. The molecule has 0 radical (unpaired) electrons. The van der Waals surface area contributed by atoms with E-state index in [1.165, 1.54) is 17.4 Å². The van der Waals surface area contributed by atoms with Crippen LogP contribution in [0.2, 0.25) is 0 Å². The van der Waals surface area contributed by atoms with Gasteiger partial charge in [-0.1, -0.05) is 12.1 Å². The van der Waals surface area contributed by atoms with Gasteiger partial charge in [0.25, 0.3) is 0 Å². The molecule has 1 N–H and O–H groups in total. The van der Waals surface area contributed by atoms with Crippen LogP contribution in [0.15, 0.2) is 28.2 Å². The molecule has 17 heavy (non-hydrogen) atoms. The van der Waals surface area contributed by atoms with Crippen LogP contribution in [-0.4, -0.2) is 10.1 Å². The molecule has 2 nitrogen and oxygen atoms in total. The fraction of sp³-hybridized carbons (Fsp3) is 0.250. The van der Waals surface area contributed by atoms with E-state index in [-0.39, 0.29) is 5.82 Å². The molecule has 1 aromatic carbocycles. The molecule has 1 heterocycles. The van der Waals surface area contributed by atoms with Gasteiger partial charge in [-0.05, 0) is 34.5 Å². The molecular formula is C12H11BrFNOS. The quantitative estimate of drug-likeness (QED) is 0.938. The largest absolute Gasteiger partial charge is 0.387 e. The standard InChI is InChI=1S/C12H11BrFNOS/c1-7-12(17-6-15-7)10(16)5-8-3-2-4-9(14)11(8)13/h2-4,6,10,16H,5H2,1H3. The van der Waals surface area contributed by atoms with Gasteiger partial charge < -0.3 is 5.11 Å². The lowest BCUT2D eigenvalue weighted by atomic mass is 10.1. The Morgan fingerprint density at radius 1 is 1.53 bits per heavy atom. The van der Waals surface area contributed by atoms with Gasteiger partial charge in [0.1, 0.15) is 5.82 Å². The first-order chi connectivity index (χ1) is 8.09. The minimum atomic E-state index is -0.638. The van der Waals surface area contributed by atoms with E-state index >= 15 is 0 Å². The SMILES string of the molecule is Cc1ncsc1C(O)Cc1cccc(F)c1Br. The summed E-state index contributed by atoms with van der Waals surface area (Å²) in [6.07, 6.45) is -0.262. The first-order valence-electron chi connectivity index (χ1n) is 5.10. The van der Waals surface area contributed by atoms with E-state index in [0.29, 0.717) is 10.9 Å². The number of hydrogen-bond acceptors (Lipinski definition) is 3. The predicted molar refractivity (Wildman–Crippen MR) is 69.6 cm³/mol. The fourth-order valence-corrected chi connectivity index (χ4v) is 2.85. The molecule has 1 atom stereocenters. The van der Waals surface area contributed by atoms with Crippen molar-refractivity contribution in [1.29, 1.82) is 0 Å². The Balaban J connectivity index is 2.22. The lowest BCUT2D eigenvalue weighted by Crippen LogP contribution is -2.02. The van der Waals surface area contributed by atoms with Gasteiger partial charge in [-0.3, -0.25) is 0 Å². The number of thiazole rings is 1. The number of benzene rings is 1. The summed E-state index contributed by atoms with van der Waals surface area (Å²) in [6, 6.07) is 4.83. The zero-order valence-electron chi connectivity index (χ0n) is 9.15. The van der Waals surface area contributed by atoms with Crippen molar-refractivity contribution in [3.63, 3.8) is 0 Å². The van der Waals surface area contributed by atoms with Crippen molar-refractivity contribution in [2.24, 2.45) is 0 Å². The number of aliphatic hydroxyl groups excluding tert-OH is 1. The Morgan fingerprint density at radius 3 is 2.94 bits per heavy atom. The number of rotatable bonds is 3. The van der Waals surface area contributed by atoms with Crippen LogP contribution in [-0.2, 0) is 6.42 Å². The smallest absolute Gasteiger partial charge is 0.137 e. The Morgan fingerprint density at radius 2 is 2.29 bits per heavy atom. The van der Waals surface area contributed by atoms with Crippen LogP contribution in [0.4, 0.5) is 4.39 Å². The van der Waals surface area contributed by atoms with Crippen molar-refractivity contribution in [1.82, 2.24) is 4.98 Å². The number of halogens is 2. The zero-order valence-corrected chi connectivity index (χ0v) is 11.6. The molecule has 1 aromatic heterocycles. The van der Waals surface area contributed by atoms with Crippen LogP contribution < -0.4 is 0 Å². The van der Waals surface area contributed by atoms with E-state index in [0.717, 1.165) is 16.1 Å². The molecular weight excluding hydrogens is 305 g/mol. The molecule has 2 rings (SSSR count). The van der Waals surface area contributed by atoms with Gasteiger partial charge in [-0.2, -0.15) is 0 Å². The van der Waals surface area contributed by atoms with Crippen LogP contribution in [0.25, 0.3) is 0 Å². The number of aromatic nitrogens is 1. The van der Waals surface area contributed by atoms with Crippen LogP contribution in [0.1, 0.15) is 22.2 Å². The highest BCUT2D eigenvalue weighted by Crippen LogP contribution is 2.28. The van der Waals surface area contributed by atoms with E-state index < -0.39 is 6.10 Å². The molecule has 0 saturated heterocycles. The second-order valence-corrected chi connectivity index (χ2v) is 5.41. The summed E-state index contributed by atoms with van der Waals surface area (Å²) in [4.78, 5) is 4.93. The lowest BCUT2D eigenvalue weighted by Gasteiger charge is -2.11. The Labute approximate surface area is 111 Å². The summed E-state index contributed by atoms with van der Waals surface area (Å²) in [5, 5.41) is 10.1. The van der Waals surface area contributed by atoms with Crippen molar-refractivity contribution >= 4 is 27.3 Å². The van der Waals surface area contributed by atoms with Crippen molar-refractivity contribution in [3.05, 3.63) is 50.1 Å². The normalized spacial score (nSPS) is 12.7. The van der Waals surface area contributed by atoms with Crippen LogP contribution >= 0.6 is 27.3 Å². The Hall–Kier alpha value is -0.780. The molecule has 90 valence electrons. The molecule has 2 aromatic rings. The molecule has 0 saturated carbocycles. The molecule has 0 aliphatic heterocycles. The van der Waals surface area contributed by atoms with Gasteiger partial charge in [0, 0.05) is 6.42 Å². The van der Waals surface area contributed by atoms with E-state index in [9.17, 15) is 9.50 Å². The van der Waals surface area contributed by atoms with Crippen molar-refractivity contribution in [2.75, 3.05) is 0 Å². The van der Waals surface area contributed by atoms with Gasteiger partial charge in [-0.15, -0.1) is 11.3 Å². The number of nitrogens with zero attached hydrogens (tertiary/aromatic N) is 1. The third kappa shape index (κ3) is 2.73. The second-order valence-electron chi connectivity index (χ2n) is 3.73. The van der Waals surface area contributed by atoms with Gasteiger partial charge in [0.15, 0.2) is 0 Å². The maximum Gasteiger partial charge on any atom is 0.137 e. The highest BCUT2D eigenvalue weighted by Gasteiger charge is 2.16. The highest BCUT2D eigenvalue weighted by molar-refractivity contribution is 9.10. The van der Waals surface area contributed by atoms with Crippen LogP contribution in [0, 0.1) is 12.7 Å². The summed E-state index contributed by atoms with van der Waals surface area (Å²) >= 11 is 4.61. The molecule has 0 spiro atoms. The number of aryl methyl sites for hydroxylation is 1. The predicted octanol–water partition coefficient (Wildman–Crippen LogP) is 3.63. The van der Waals surface area contributed by atoms with Crippen LogP contribution in [0.3, 0.4) is 0 Å². The third-order valence-electron chi connectivity index (χ3n) is 2.53.